The molecule has 9 heteroatoms. The van der Waals surface area contributed by atoms with E-state index in [1.165, 1.54) is 20.8 Å². The minimum Gasteiger partial charge on any atom is -0.875 e. The average molecular weight is 295 g/mol. The van der Waals surface area contributed by atoms with Crippen molar-refractivity contribution in [1.29, 1.82) is 0 Å². The first-order chi connectivity index (χ1) is 8.05. The van der Waals surface area contributed by atoms with E-state index in [1.807, 2.05) is 0 Å². The number of carbonyl (C=O) groups is 1. The molecule has 0 unspecified atom stereocenters. The molecule has 0 saturated heterocycles. The van der Waals surface area contributed by atoms with Crippen molar-refractivity contribution in [3.05, 3.63) is 11.8 Å². The highest BCUT2D eigenvalue weighted by molar-refractivity contribution is 5.97. The Balaban J connectivity index is 5.54. The summed E-state index contributed by atoms with van der Waals surface area (Å²) in [6.07, 6.45) is -7.04. The molecular weight excluding hydrogens is 285 g/mol. The molecule has 0 amide bonds. The molecule has 0 aromatic heterocycles. The predicted octanol–water partition coefficient (Wildman–Crippen LogP) is 2.68. The maximum Gasteiger partial charge on any atom is 0.460 e. The number of allylic oxidation sites excluding steroid dienone is 2. The summed E-state index contributed by atoms with van der Waals surface area (Å²) >= 11 is 0. The number of ketones is 1. The van der Waals surface area contributed by atoms with Gasteiger partial charge in [0, 0.05) is 0 Å². The van der Waals surface area contributed by atoms with Crippen molar-refractivity contribution in [2.75, 3.05) is 0 Å². The van der Waals surface area contributed by atoms with Crippen molar-refractivity contribution in [1.82, 2.24) is 0 Å². The molecule has 19 heavy (non-hydrogen) atoms. The van der Waals surface area contributed by atoms with Crippen molar-refractivity contribution in [3.8, 4) is 0 Å². The zero-order valence-corrected chi connectivity index (χ0v) is 10.0. The lowest BCUT2D eigenvalue weighted by Gasteiger charge is -2.30. The van der Waals surface area contributed by atoms with Gasteiger partial charge in [-0.3, -0.25) is 4.79 Å². The van der Waals surface area contributed by atoms with Crippen LogP contribution in [0.15, 0.2) is 11.8 Å². The lowest BCUT2D eigenvalue weighted by Crippen LogP contribution is -2.55. The summed E-state index contributed by atoms with van der Waals surface area (Å²) < 4.78 is 86.0. The van der Waals surface area contributed by atoms with Crippen molar-refractivity contribution in [3.63, 3.8) is 0 Å². The van der Waals surface area contributed by atoms with Crippen LogP contribution in [0.5, 0.6) is 0 Å². The second kappa shape index (κ2) is 4.68. The van der Waals surface area contributed by atoms with Gasteiger partial charge in [0.1, 0.15) is 0 Å². The van der Waals surface area contributed by atoms with Crippen molar-refractivity contribution in [2.24, 2.45) is 5.41 Å². The summed E-state index contributed by atoms with van der Waals surface area (Å²) in [5.74, 6) is -16.7. The Bertz CT molecular complexity index is 388. The summed E-state index contributed by atoms with van der Waals surface area (Å²) in [7, 11) is 0. The molecule has 0 spiro atoms. The van der Waals surface area contributed by atoms with E-state index in [0.717, 1.165) is 0 Å². The molecule has 0 radical (unpaired) electrons. The van der Waals surface area contributed by atoms with Gasteiger partial charge in [-0.2, -0.15) is 30.7 Å². The lowest BCUT2D eigenvalue weighted by molar-refractivity contribution is -0.343. The number of hydrogen-bond acceptors (Lipinski definition) is 2. The molecule has 0 aliphatic heterocycles. The first-order valence-corrected chi connectivity index (χ1v) is 4.81. The third-order valence-electron chi connectivity index (χ3n) is 2.06. The highest BCUT2D eigenvalue weighted by atomic mass is 19.4. The summed E-state index contributed by atoms with van der Waals surface area (Å²) in [5, 5.41) is 11.2. The van der Waals surface area contributed by atoms with E-state index in [0.29, 0.717) is 0 Å². The van der Waals surface area contributed by atoms with Gasteiger partial charge in [0.2, 0.25) is 5.78 Å². The van der Waals surface area contributed by atoms with Crippen molar-refractivity contribution in [2.45, 2.75) is 38.8 Å². The van der Waals surface area contributed by atoms with Crippen molar-refractivity contribution >= 4 is 5.78 Å². The Morgan fingerprint density at radius 3 is 1.58 bits per heavy atom. The summed E-state index contributed by atoms with van der Waals surface area (Å²) in [4.78, 5) is 10.8. The van der Waals surface area contributed by atoms with Gasteiger partial charge < -0.3 is 5.11 Å². The van der Waals surface area contributed by atoms with Gasteiger partial charge in [-0.1, -0.05) is 20.8 Å². The molecular formula is C10H10F7O2-. The van der Waals surface area contributed by atoms with Crippen LogP contribution in [-0.4, -0.2) is 23.8 Å². The number of rotatable bonds is 3. The van der Waals surface area contributed by atoms with E-state index < -0.39 is 41.1 Å². The number of alkyl halides is 7. The molecule has 0 bridgehead atoms. The first-order valence-electron chi connectivity index (χ1n) is 4.81. The van der Waals surface area contributed by atoms with Gasteiger partial charge in [-0.05, 0) is 11.5 Å². The smallest absolute Gasteiger partial charge is 0.460 e. The largest absolute Gasteiger partial charge is 0.875 e. The maximum atomic E-state index is 12.8. The minimum absolute atomic E-state index is 0.431. The fourth-order valence-electron chi connectivity index (χ4n) is 0.759. The van der Waals surface area contributed by atoms with Crippen LogP contribution in [0.4, 0.5) is 30.7 Å². The van der Waals surface area contributed by atoms with E-state index in [1.54, 1.807) is 0 Å². The van der Waals surface area contributed by atoms with Gasteiger partial charge in [0.05, 0.1) is 0 Å². The molecule has 0 atom stereocenters. The van der Waals surface area contributed by atoms with Crippen LogP contribution in [-0.2, 0) is 4.79 Å². The zero-order valence-electron chi connectivity index (χ0n) is 10.0. The molecule has 0 aliphatic carbocycles. The SMILES string of the molecule is CC(C)(C)/C([O-])=C/C(=O)C(F)(F)C(F)(F)C(F)(F)F. The van der Waals surface area contributed by atoms with Crippen LogP contribution in [0.25, 0.3) is 0 Å². The summed E-state index contributed by atoms with van der Waals surface area (Å²) in [5.41, 5.74) is -1.36. The molecule has 0 aliphatic rings. The number of halogens is 7. The van der Waals surface area contributed by atoms with Gasteiger partial charge in [0.25, 0.3) is 0 Å². The van der Waals surface area contributed by atoms with Crippen LogP contribution in [0, 0.1) is 5.41 Å². The second-order valence-electron chi connectivity index (χ2n) is 4.77. The fraction of sp³-hybridized carbons (Fsp3) is 0.700. The van der Waals surface area contributed by atoms with Crippen LogP contribution in [0.2, 0.25) is 0 Å². The monoisotopic (exact) mass is 295 g/mol. The Kier molecular flexibility index (Phi) is 4.36. The number of hydrogen-bond donors (Lipinski definition) is 0. The Labute approximate surface area is 103 Å². The topological polar surface area (TPSA) is 40.1 Å². The molecule has 0 rings (SSSR count). The molecule has 0 fully saturated rings. The predicted molar refractivity (Wildman–Crippen MR) is 48.5 cm³/mol. The second-order valence-corrected chi connectivity index (χ2v) is 4.77. The van der Waals surface area contributed by atoms with Gasteiger partial charge in [0.15, 0.2) is 0 Å². The average Bonchev–Trinajstić information content (AvgIpc) is 2.13. The Hall–Kier alpha value is -1.28. The van der Waals surface area contributed by atoms with Crippen LogP contribution < -0.4 is 5.11 Å². The quantitative estimate of drug-likeness (QED) is 0.456. The first kappa shape index (κ1) is 17.7. The van der Waals surface area contributed by atoms with E-state index in [2.05, 4.69) is 0 Å². The molecule has 112 valence electrons. The van der Waals surface area contributed by atoms with Gasteiger partial charge in [-0.25, -0.2) is 0 Å². The summed E-state index contributed by atoms with van der Waals surface area (Å²) in [6, 6.07) is 0. The number of carbonyl (C=O) groups excluding carboxylic acids is 1. The molecule has 0 saturated carbocycles. The van der Waals surface area contributed by atoms with Crippen molar-refractivity contribution < 1.29 is 40.6 Å². The summed E-state index contributed by atoms with van der Waals surface area (Å²) in [6.45, 7) is 3.54. The highest BCUT2D eigenvalue weighted by Gasteiger charge is 2.75. The Morgan fingerprint density at radius 1 is 0.947 bits per heavy atom. The van der Waals surface area contributed by atoms with Crippen LogP contribution in [0.3, 0.4) is 0 Å². The molecule has 0 aromatic rings. The van der Waals surface area contributed by atoms with Crippen LogP contribution in [0.1, 0.15) is 20.8 Å². The molecule has 0 heterocycles. The van der Waals surface area contributed by atoms with Gasteiger partial charge in [-0.15, -0.1) is 5.76 Å². The molecule has 2 nitrogen and oxygen atoms in total. The zero-order chi connectivity index (χ0) is 15.9. The van der Waals surface area contributed by atoms with Crippen LogP contribution >= 0.6 is 0 Å². The fourth-order valence-corrected chi connectivity index (χ4v) is 0.759. The van der Waals surface area contributed by atoms with E-state index in [4.69, 9.17) is 0 Å². The minimum atomic E-state index is -6.61. The maximum absolute atomic E-state index is 12.8. The van der Waals surface area contributed by atoms with Gasteiger partial charge >= 0.3 is 18.0 Å². The molecule has 0 aromatic carbocycles. The third kappa shape index (κ3) is 3.38. The standard InChI is InChI=1S/C10H11F7O2/c1-7(2,3)5(18)4-6(19)8(11,12)9(13,14)10(15,16)17/h4,18H,1-3H3/p-1/b5-4-. The Morgan fingerprint density at radius 2 is 1.32 bits per heavy atom. The lowest BCUT2D eigenvalue weighted by atomic mass is 9.92. The van der Waals surface area contributed by atoms with E-state index >= 15 is 0 Å². The van der Waals surface area contributed by atoms with E-state index in [9.17, 15) is 40.6 Å². The van der Waals surface area contributed by atoms with E-state index in [-0.39, 0.29) is 0 Å². The highest BCUT2D eigenvalue weighted by Crippen LogP contribution is 2.47. The normalized spacial score (nSPS) is 15.6. The molecule has 0 N–H and O–H groups in total. The third-order valence-corrected chi connectivity index (χ3v) is 2.06.